The highest BCUT2D eigenvalue weighted by Gasteiger charge is 2.27. The van der Waals surface area contributed by atoms with Crippen molar-refractivity contribution >= 4 is 11.7 Å². The number of ether oxygens (including phenoxy) is 1. The van der Waals surface area contributed by atoms with Crippen molar-refractivity contribution in [3.63, 3.8) is 0 Å². The minimum atomic E-state index is -0.251. The Labute approximate surface area is 115 Å². The van der Waals surface area contributed by atoms with E-state index in [1.54, 1.807) is 23.2 Å². The van der Waals surface area contributed by atoms with Gasteiger partial charge in [-0.05, 0) is 18.2 Å². The lowest BCUT2D eigenvalue weighted by atomic mass is 10.1. The van der Waals surface area contributed by atoms with Gasteiger partial charge in [-0.2, -0.15) is 5.10 Å². The molecule has 1 saturated heterocycles. The van der Waals surface area contributed by atoms with Crippen molar-refractivity contribution in [3.05, 3.63) is 41.9 Å². The largest absolute Gasteiger partial charge is 0.384 e. The zero-order valence-electron chi connectivity index (χ0n) is 10.8. The molecule has 3 heterocycles. The van der Waals surface area contributed by atoms with Gasteiger partial charge in [0.2, 0.25) is 0 Å². The van der Waals surface area contributed by atoms with Gasteiger partial charge < -0.3 is 15.4 Å². The molecule has 1 fully saturated rings. The minimum absolute atomic E-state index is 0.0836. The third kappa shape index (κ3) is 2.48. The van der Waals surface area contributed by atoms with Crippen molar-refractivity contribution in [2.75, 3.05) is 25.4 Å². The van der Waals surface area contributed by atoms with Gasteiger partial charge in [-0.3, -0.25) is 9.89 Å². The molecule has 0 saturated carbocycles. The van der Waals surface area contributed by atoms with Gasteiger partial charge >= 0.3 is 0 Å². The van der Waals surface area contributed by atoms with Crippen LogP contribution in [-0.4, -0.2) is 45.7 Å². The quantitative estimate of drug-likeness (QED) is 0.835. The van der Waals surface area contributed by atoms with E-state index in [4.69, 9.17) is 10.5 Å². The average Bonchev–Trinajstić information content (AvgIpc) is 3.01. The highest BCUT2D eigenvalue weighted by molar-refractivity contribution is 5.92. The molecule has 1 aliphatic rings. The number of rotatable bonds is 2. The first-order valence-electron chi connectivity index (χ1n) is 6.37. The van der Waals surface area contributed by atoms with Gasteiger partial charge in [0.25, 0.3) is 5.91 Å². The first-order valence-corrected chi connectivity index (χ1v) is 6.37. The molecule has 3 N–H and O–H groups in total. The summed E-state index contributed by atoms with van der Waals surface area (Å²) in [5.74, 6) is 0.364. The van der Waals surface area contributed by atoms with Crippen molar-refractivity contribution in [1.82, 2.24) is 20.1 Å². The number of carbonyl (C=O) groups excluding carboxylic acids is 1. The summed E-state index contributed by atoms with van der Waals surface area (Å²) in [5.41, 5.74) is 6.90. The number of nitrogens with zero attached hydrogens (tertiary/aromatic N) is 3. The zero-order valence-corrected chi connectivity index (χ0v) is 10.8. The lowest BCUT2D eigenvalue weighted by molar-refractivity contribution is -0.0248. The van der Waals surface area contributed by atoms with Gasteiger partial charge in [-0.1, -0.05) is 6.07 Å². The molecule has 2 aromatic rings. The Morgan fingerprint density at radius 2 is 2.35 bits per heavy atom. The number of hydrogen-bond acceptors (Lipinski definition) is 5. The van der Waals surface area contributed by atoms with Crippen molar-refractivity contribution in [2.45, 2.75) is 6.10 Å². The van der Waals surface area contributed by atoms with Gasteiger partial charge in [-0.25, -0.2) is 4.98 Å². The lowest BCUT2D eigenvalue weighted by Gasteiger charge is -2.32. The molecule has 1 amide bonds. The number of nitrogens with two attached hydrogens (primary N) is 1. The van der Waals surface area contributed by atoms with E-state index in [1.807, 2.05) is 12.1 Å². The van der Waals surface area contributed by atoms with E-state index in [0.29, 0.717) is 31.2 Å². The van der Waals surface area contributed by atoms with E-state index < -0.39 is 0 Å². The van der Waals surface area contributed by atoms with Crippen LogP contribution >= 0.6 is 0 Å². The van der Waals surface area contributed by atoms with E-state index in [1.165, 1.54) is 0 Å². The van der Waals surface area contributed by atoms with Crippen LogP contribution in [0.25, 0.3) is 0 Å². The summed E-state index contributed by atoms with van der Waals surface area (Å²) in [6, 6.07) is 7.06. The summed E-state index contributed by atoms with van der Waals surface area (Å²) in [5, 5.41) is 6.47. The van der Waals surface area contributed by atoms with E-state index in [2.05, 4.69) is 15.2 Å². The molecule has 7 heteroatoms. The normalized spacial score (nSPS) is 19.0. The van der Waals surface area contributed by atoms with E-state index >= 15 is 0 Å². The highest BCUT2D eigenvalue weighted by Crippen LogP contribution is 2.22. The maximum absolute atomic E-state index is 12.3. The number of nitrogen functional groups attached to an aromatic ring is 1. The molecule has 3 rings (SSSR count). The number of pyridine rings is 1. The molecule has 0 radical (unpaired) electrons. The number of amides is 1. The van der Waals surface area contributed by atoms with E-state index in [9.17, 15) is 4.79 Å². The Bertz CT molecular complexity index is 599. The van der Waals surface area contributed by atoms with Crippen molar-refractivity contribution < 1.29 is 9.53 Å². The standard InChI is InChI=1S/C13H15N5O2/c14-12-3-1-2-9(16-12)11-8-18(6-7-20-11)13(19)10-4-5-15-17-10/h1-5,11H,6-8H2,(H2,14,16)(H,15,17). The summed E-state index contributed by atoms with van der Waals surface area (Å²) in [7, 11) is 0. The van der Waals surface area contributed by atoms with Crippen molar-refractivity contribution in [2.24, 2.45) is 0 Å². The molecular formula is C13H15N5O2. The molecule has 1 unspecified atom stereocenters. The Morgan fingerprint density at radius 1 is 1.45 bits per heavy atom. The first-order chi connectivity index (χ1) is 9.74. The van der Waals surface area contributed by atoms with Gasteiger partial charge in [0, 0.05) is 12.7 Å². The van der Waals surface area contributed by atoms with Crippen molar-refractivity contribution in [1.29, 1.82) is 0 Å². The first kappa shape index (κ1) is 12.6. The van der Waals surface area contributed by atoms with Crippen LogP contribution in [0.1, 0.15) is 22.3 Å². The predicted molar refractivity (Wildman–Crippen MR) is 71.8 cm³/mol. The lowest BCUT2D eigenvalue weighted by Crippen LogP contribution is -2.42. The third-order valence-corrected chi connectivity index (χ3v) is 3.21. The SMILES string of the molecule is Nc1cccc(C2CN(C(=O)c3ccn[nH]3)CCO2)n1. The van der Waals surface area contributed by atoms with Crippen LogP contribution in [0, 0.1) is 0 Å². The summed E-state index contributed by atoms with van der Waals surface area (Å²) in [6.07, 6.45) is 1.31. The van der Waals surface area contributed by atoms with Crippen LogP contribution in [-0.2, 0) is 4.74 Å². The van der Waals surface area contributed by atoms with Crippen LogP contribution < -0.4 is 5.73 Å². The van der Waals surface area contributed by atoms with Crippen LogP contribution in [0.15, 0.2) is 30.5 Å². The number of nitrogens with one attached hydrogen (secondary N) is 1. The number of carbonyl (C=O) groups is 1. The molecule has 1 aliphatic heterocycles. The number of morpholine rings is 1. The molecule has 0 aromatic carbocycles. The summed E-state index contributed by atoms with van der Waals surface area (Å²) in [6.45, 7) is 1.48. The third-order valence-electron chi connectivity index (χ3n) is 3.21. The summed E-state index contributed by atoms with van der Waals surface area (Å²) < 4.78 is 5.68. The maximum Gasteiger partial charge on any atom is 0.272 e. The van der Waals surface area contributed by atoms with Crippen molar-refractivity contribution in [3.8, 4) is 0 Å². The molecule has 2 aromatic heterocycles. The van der Waals surface area contributed by atoms with Crippen LogP contribution in [0.3, 0.4) is 0 Å². The van der Waals surface area contributed by atoms with Crippen LogP contribution in [0.2, 0.25) is 0 Å². The molecular weight excluding hydrogens is 258 g/mol. The second-order valence-corrected chi connectivity index (χ2v) is 4.57. The Hall–Kier alpha value is -2.41. The minimum Gasteiger partial charge on any atom is -0.384 e. The number of aromatic nitrogens is 3. The number of H-pyrrole nitrogens is 1. The number of hydrogen-bond donors (Lipinski definition) is 2. The van der Waals surface area contributed by atoms with Gasteiger partial charge in [-0.15, -0.1) is 0 Å². The van der Waals surface area contributed by atoms with E-state index in [-0.39, 0.29) is 12.0 Å². The highest BCUT2D eigenvalue weighted by atomic mass is 16.5. The van der Waals surface area contributed by atoms with Gasteiger partial charge in [0.15, 0.2) is 0 Å². The smallest absolute Gasteiger partial charge is 0.272 e. The molecule has 1 atom stereocenters. The number of aromatic amines is 1. The Kier molecular flexibility index (Phi) is 3.34. The zero-order chi connectivity index (χ0) is 13.9. The average molecular weight is 273 g/mol. The monoisotopic (exact) mass is 273 g/mol. The second-order valence-electron chi connectivity index (χ2n) is 4.57. The maximum atomic E-state index is 12.3. The fraction of sp³-hybridized carbons (Fsp3) is 0.308. The fourth-order valence-electron chi connectivity index (χ4n) is 2.21. The molecule has 0 bridgehead atoms. The van der Waals surface area contributed by atoms with Gasteiger partial charge in [0.1, 0.15) is 17.6 Å². The predicted octanol–water partition coefficient (Wildman–Crippen LogP) is 0.601. The van der Waals surface area contributed by atoms with Crippen LogP contribution in [0.5, 0.6) is 0 Å². The molecule has 0 spiro atoms. The molecule has 7 nitrogen and oxygen atoms in total. The second kappa shape index (κ2) is 5.30. The molecule has 20 heavy (non-hydrogen) atoms. The van der Waals surface area contributed by atoms with Gasteiger partial charge in [0.05, 0.1) is 18.8 Å². The molecule has 104 valence electrons. The number of anilines is 1. The molecule has 0 aliphatic carbocycles. The Morgan fingerprint density at radius 3 is 3.10 bits per heavy atom. The summed E-state index contributed by atoms with van der Waals surface area (Å²) >= 11 is 0. The Balaban J connectivity index is 1.75. The summed E-state index contributed by atoms with van der Waals surface area (Å²) in [4.78, 5) is 18.2. The fourth-order valence-corrected chi connectivity index (χ4v) is 2.21. The van der Waals surface area contributed by atoms with E-state index in [0.717, 1.165) is 5.69 Å². The van der Waals surface area contributed by atoms with Crippen LogP contribution in [0.4, 0.5) is 5.82 Å². The topological polar surface area (TPSA) is 97.1 Å².